The average molecular weight is 411 g/mol. The Morgan fingerprint density at radius 1 is 0.900 bits per heavy atom. The standard InChI is InChI=1S/C27H42N2O/c1-4-6-7-8-9-15-20-30-26-19-14-13-18-25(26)27-24(21-28-22-29-27)17-12-10-11-16-23(3)5-2/h13-14,18-19,21-23H,4-12,15-17,20H2,1-3H3. The van der Waals surface area contributed by atoms with Gasteiger partial charge in [0, 0.05) is 11.8 Å². The van der Waals surface area contributed by atoms with Gasteiger partial charge in [-0.15, -0.1) is 0 Å². The van der Waals surface area contributed by atoms with Crippen LogP contribution < -0.4 is 4.74 Å². The van der Waals surface area contributed by atoms with E-state index in [4.69, 9.17) is 4.74 Å². The Kier molecular flexibility index (Phi) is 12.2. The van der Waals surface area contributed by atoms with Gasteiger partial charge in [-0.25, -0.2) is 9.97 Å². The van der Waals surface area contributed by atoms with Crippen LogP contribution in [0.4, 0.5) is 0 Å². The van der Waals surface area contributed by atoms with E-state index in [1.807, 2.05) is 6.20 Å². The lowest BCUT2D eigenvalue weighted by atomic mass is 9.98. The summed E-state index contributed by atoms with van der Waals surface area (Å²) in [6.07, 6.45) is 18.7. The van der Waals surface area contributed by atoms with Crippen molar-refractivity contribution in [2.45, 2.75) is 97.8 Å². The normalized spacial score (nSPS) is 12.1. The van der Waals surface area contributed by atoms with Crippen molar-refractivity contribution in [2.75, 3.05) is 6.61 Å². The first-order valence-corrected chi connectivity index (χ1v) is 12.3. The molecule has 0 aliphatic heterocycles. The maximum atomic E-state index is 6.17. The molecule has 0 N–H and O–H groups in total. The van der Waals surface area contributed by atoms with Crippen LogP contribution in [0.3, 0.4) is 0 Å². The van der Waals surface area contributed by atoms with Gasteiger partial charge in [-0.05, 0) is 42.9 Å². The van der Waals surface area contributed by atoms with Crippen LogP contribution in [-0.2, 0) is 6.42 Å². The molecule has 0 bridgehead atoms. The second-order valence-electron chi connectivity index (χ2n) is 8.62. The number of aryl methyl sites for hydroxylation is 1. The molecule has 0 spiro atoms. The van der Waals surface area contributed by atoms with E-state index in [1.54, 1.807) is 6.33 Å². The molecule has 2 aromatic rings. The van der Waals surface area contributed by atoms with Crippen molar-refractivity contribution in [1.29, 1.82) is 0 Å². The SMILES string of the molecule is CCCCCCCCOc1ccccc1-c1ncncc1CCCCCC(C)CC. The molecule has 0 fully saturated rings. The zero-order chi connectivity index (χ0) is 21.4. The molecule has 3 heteroatoms. The van der Waals surface area contributed by atoms with E-state index in [2.05, 4.69) is 55.0 Å². The molecule has 30 heavy (non-hydrogen) atoms. The van der Waals surface area contributed by atoms with Crippen molar-refractivity contribution >= 4 is 0 Å². The van der Waals surface area contributed by atoms with Gasteiger partial charge in [-0.2, -0.15) is 0 Å². The van der Waals surface area contributed by atoms with Gasteiger partial charge in [0.1, 0.15) is 12.1 Å². The van der Waals surface area contributed by atoms with E-state index >= 15 is 0 Å². The summed E-state index contributed by atoms with van der Waals surface area (Å²) in [5, 5.41) is 0. The fraction of sp³-hybridized carbons (Fsp3) is 0.630. The summed E-state index contributed by atoms with van der Waals surface area (Å²) in [5.41, 5.74) is 3.36. The molecule has 1 aromatic heterocycles. The number of nitrogens with zero attached hydrogens (tertiary/aromatic N) is 2. The first-order chi connectivity index (χ1) is 14.8. The fourth-order valence-electron chi connectivity index (χ4n) is 3.83. The lowest BCUT2D eigenvalue weighted by molar-refractivity contribution is 0.305. The Hall–Kier alpha value is -1.90. The number of hydrogen-bond acceptors (Lipinski definition) is 3. The number of ether oxygens (including phenoxy) is 1. The van der Waals surface area contributed by atoms with Crippen LogP contribution in [0.25, 0.3) is 11.3 Å². The number of rotatable bonds is 16. The summed E-state index contributed by atoms with van der Waals surface area (Å²) in [7, 11) is 0. The van der Waals surface area contributed by atoms with Crippen LogP contribution in [-0.4, -0.2) is 16.6 Å². The molecular formula is C27H42N2O. The number of aromatic nitrogens is 2. The molecule has 0 aliphatic carbocycles. The van der Waals surface area contributed by atoms with Gasteiger partial charge in [-0.3, -0.25) is 0 Å². The highest BCUT2D eigenvalue weighted by Gasteiger charge is 2.12. The van der Waals surface area contributed by atoms with Gasteiger partial charge >= 0.3 is 0 Å². The van der Waals surface area contributed by atoms with Gasteiger partial charge in [0.2, 0.25) is 0 Å². The molecule has 3 nitrogen and oxygen atoms in total. The quantitative estimate of drug-likeness (QED) is 0.263. The Balaban J connectivity index is 1.90. The Morgan fingerprint density at radius 3 is 2.50 bits per heavy atom. The van der Waals surface area contributed by atoms with Gasteiger partial charge in [0.15, 0.2) is 0 Å². The molecular weight excluding hydrogens is 368 g/mol. The molecule has 0 amide bonds. The molecule has 1 unspecified atom stereocenters. The first kappa shape index (κ1) is 24.4. The minimum atomic E-state index is 0.777. The maximum absolute atomic E-state index is 6.17. The third-order valence-corrected chi connectivity index (χ3v) is 6.03. The highest BCUT2D eigenvalue weighted by Crippen LogP contribution is 2.31. The van der Waals surface area contributed by atoms with E-state index in [0.717, 1.165) is 42.4 Å². The summed E-state index contributed by atoms with van der Waals surface area (Å²) in [6.45, 7) is 7.67. The second kappa shape index (κ2) is 15.0. The minimum absolute atomic E-state index is 0.777. The smallest absolute Gasteiger partial charge is 0.128 e. The number of unbranched alkanes of at least 4 members (excludes halogenated alkanes) is 7. The highest BCUT2D eigenvalue weighted by molar-refractivity contribution is 5.69. The first-order valence-electron chi connectivity index (χ1n) is 12.3. The van der Waals surface area contributed by atoms with E-state index in [-0.39, 0.29) is 0 Å². The Bertz CT molecular complexity index is 701. The van der Waals surface area contributed by atoms with Crippen LogP contribution in [0.15, 0.2) is 36.8 Å². The molecule has 166 valence electrons. The van der Waals surface area contributed by atoms with Crippen molar-refractivity contribution in [3.8, 4) is 17.0 Å². The van der Waals surface area contributed by atoms with Crippen molar-refractivity contribution in [2.24, 2.45) is 5.92 Å². The van der Waals surface area contributed by atoms with Crippen molar-refractivity contribution in [3.05, 3.63) is 42.4 Å². The van der Waals surface area contributed by atoms with Crippen molar-refractivity contribution in [1.82, 2.24) is 9.97 Å². The summed E-state index contributed by atoms with van der Waals surface area (Å²) >= 11 is 0. The van der Waals surface area contributed by atoms with E-state index in [1.165, 1.54) is 69.8 Å². The molecule has 2 rings (SSSR count). The van der Waals surface area contributed by atoms with E-state index in [9.17, 15) is 0 Å². The third kappa shape index (κ3) is 8.85. The lowest BCUT2D eigenvalue weighted by Gasteiger charge is -2.14. The predicted molar refractivity (Wildman–Crippen MR) is 128 cm³/mol. The van der Waals surface area contributed by atoms with Crippen LogP contribution in [0, 0.1) is 5.92 Å². The second-order valence-corrected chi connectivity index (χ2v) is 8.62. The van der Waals surface area contributed by atoms with Gasteiger partial charge in [0.25, 0.3) is 0 Å². The van der Waals surface area contributed by atoms with E-state index in [0.29, 0.717) is 0 Å². The van der Waals surface area contributed by atoms with Crippen molar-refractivity contribution < 1.29 is 4.74 Å². The summed E-state index contributed by atoms with van der Waals surface area (Å²) in [5.74, 6) is 1.79. The Labute approximate surface area is 184 Å². The molecule has 0 saturated heterocycles. The topological polar surface area (TPSA) is 35.0 Å². The predicted octanol–water partition coefficient (Wildman–Crippen LogP) is 8.03. The average Bonchev–Trinajstić information content (AvgIpc) is 2.78. The number of hydrogen-bond donors (Lipinski definition) is 0. The summed E-state index contributed by atoms with van der Waals surface area (Å²) < 4.78 is 6.17. The monoisotopic (exact) mass is 410 g/mol. The molecule has 0 saturated carbocycles. The molecule has 1 heterocycles. The Morgan fingerprint density at radius 2 is 1.67 bits per heavy atom. The summed E-state index contributed by atoms with van der Waals surface area (Å²) in [4.78, 5) is 8.94. The zero-order valence-corrected chi connectivity index (χ0v) is 19.5. The minimum Gasteiger partial charge on any atom is -0.493 e. The third-order valence-electron chi connectivity index (χ3n) is 6.03. The van der Waals surface area contributed by atoms with E-state index < -0.39 is 0 Å². The number of para-hydroxylation sites is 1. The molecule has 0 aliphatic rings. The van der Waals surface area contributed by atoms with Gasteiger partial charge < -0.3 is 4.74 Å². The van der Waals surface area contributed by atoms with Gasteiger partial charge in [-0.1, -0.05) is 90.7 Å². The molecule has 1 aromatic carbocycles. The lowest BCUT2D eigenvalue weighted by Crippen LogP contribution is -2.01. The van der Waals surface area contributed by atoms with Gasteiger partial charge in [0.05, 0.1) is 12.3 Å². The number of benzene rings is 1. The van der Waals surface area contributed by atoms with Crippen molar-refractivity contribution in [3.63, 3.8) is 0 Å². The van der Waals surface area contributed by atoms with Crippen LogP contribution >= 0.6 is 0 Å². The summed E-state index contributed by atoms with van der Waals surface area (Å²) in [6, 6.07) is 8.33. The zero-order valence-electron chi connectivity index (χ0n) is 19.5. The van der Waals surface area contributed by atoms with Crippen LogP contribution in [0.5, 0.6) is 5.75 Å². The molecule has 1 atom stereocenters. The fourth-order valence-corrected chi connectivity index (χ4v) is 3.83. The largest absolute Gasteiger partial charge is 0.493 e. The highest BCUT2D eigenvalue weighted by atomic mass is 16.5. The van der Waals surface area contributed by atoms with Crippen LogP contribution in [0.1, 0.15) is 97.0 Å². The van der Waals surface area contributed by atoms with Crippen LogP contribution in [0.2, 0.25) is 0 Å². The molecule has 0 radical (unpaired) electrons. The maximum Gasteiger partial charge on any atom is 0.128 e.